The molecule has 0 spiro atoms. The van der Waals surface area contributed by atoms with Crippen molar-refractivity contribution in [2.75, 3.05) is 19.7 Å². The molecule has 0 heterocycles. The number of hydroxylamine groups is 2. The first kappa shape index (κ1) is 15.4. The molecule has 0 aromatic heterocycles. The molecule has 0 amide bonds. The molecule has 0 fully saturated rings. The summed E-state index contributed by atoms with van der Waals surface area (Å²) in [5, 5.41) is 1.97. The maximum Gasteiger partial charge on any atom is 0.0869 e. The molecule has 0 aliphatic heterocycles. The van der Waals surface area contributed by atoms with Gasteiger partial charge in [0.1, 0.15) is 0 Å². The topological polar surface area (TPSA) is 12.5 Å². The van der Waals surface area contributed by atoms with Crippen LogP contribution in [0.25, 0.3) is 0 Å². The third-order valence-electron chi connectivity index (χ3n) is 2.49. The van der Waals surface area contributed by atoms with E-state index in [9.17, 15) is 0 Å². The van der Waals surface area contributed by atoms with Crippen LogP contribution < -0.4 is 0 Å². The summed E-state index contributed by atoms with van der Waals surface area (Å²) in [6.07, 6.45) is 6.72. The maximum atomic E-state index is 5.58. The average molecular weight is 225 g/mol. The van der Waals surface area contributed by atoms with Crippen LogP contribution in [-0.4, -0.2) is 24.8 Å². The Morgan fingerprint density at radius 2 is 1.69 bits per heavy atom. The predicted octanol–water partition coefficient (Wildman–Crippen LogP) is 3.95. The number of allylic oxidation sites excluding steroid dienone is 3. The number of hydrogen-bond acceptors (Lipinski definition) is 2. The average Bonchev–Trinajstić information content (AvgIpc) is 2.24. The first-order chi connectivity index (χ1) is 7.60. The molecule has 0 atom stereocenters. The lowest BCUT2D eigenvalue weighted by molar-refractivity contribution is -0.141. The van der Waals surface area contributed by atoms with Gasteiger partial charge in [0.05, 0.1) is 6.61 Å². The van der Waals surface area contributed by atoms with E-state index >= 15 is 0 Å². The Labute approximate surface area is 101 Å². The molecule has 0 N–H and O–H groups in total. The fourth-order valence-corrected chi connectivity index (χ4v) is 1.38. The molecule has 0 rings (SSSR count). The van der Waals surface area contributed by atoms with E-state index in [1.807, 2.05) is 5.06 Å². The molecular weight excluding hydrogens is 198 g/mol. The van der Waals surface area contributed by atoms with Gasteiger partial charge in [0.2, 0.25) is 0 Å². The molecular formula is C14H27NO. The zero-order valence-electron chi connectivity index (χ0n) is 11.5. The molecule has 94 valence electrons. The Morgan fingerprint density at radius 3 is 2.19 bits per heavy atom. The van der Waals surface area contributed by atoms with Gasteiger partial charge in [-0.05, 0) is 33.6 Å². The van der Waals surface area contributed by atoms with Crippen LogP contribution in [0.1, 0.15) is 47.5 Å². The highest BCUT2D eigenvalue weighted by atomic mass is 16.7. The van der Waals surface area contributed by atoms with Gasteiger partial charge in [-0.1, -0.05) is 37.1 Å². The van der Waals surface area contributed by atoms with Crippen molar-refractivity contribution in [1.29, 1.82) is 0 Å². The summed E-state index contributed by atoms with van der Waals surface area (Å²) >= 11 is 0. The Balaban J connectivity index is 3.74. The summed E-state index contributed by atoms with van der Waals surface area (Å²) in [6, 6.07) is 0. The van der Waals surface area contributed by atoms with Crippen LogP contribution in [-0.2, 0) is 4.84 Å². The fraction of sp³-hybridized carbons (Fsp3) is 0.714. The second kappa shape index (κ2) is 9.61. The van der Waals surface area contributed by atoms with Gasteiger partial charge in [-0.3, -0.25) is 4.84 Å². The van der Waals surface area contributed by atoms with Crippen LogP contribution in [0.15, 0.2) is 23.3 Å². The van der Waals surface area contributed by atoms with Gasteiger partial charge in [0, 0.05) is 13.1 Å². The SMILES string of the molecule is CCN(CC)OC/C=C(\C)CCC=C(C)C. The minimum atomic E-state index is 0.697. The molecule has 0 aliphatic rings. The zero-order chi connectivity index (χ0) is 12.4. The van der Waals surface area contributed by atoms with E-state index < -0.39 is 0 Å². The van der Waals surface area contributed by atoms with Gasteiger partial charge in [0.15, 0.2) is 0 Å². The monoisotopic (exact) mass is 225 g/mol. The van der Waals surface area contributed by atoms with Crippen LogP contribution >= 0.6 is 0 Å². The highest BCUT2D eigenvalue weighted by Gasteiger charge is 1.96. The number of hydrogen-bond donors (Lipinski definition) is 0. The van der Waals surface area contributed by atoms with E-state index in [0.717, 1.165) is 25.9 Å². The van der Waals surface area contributed by atoms with Crippen molar-refractivity contribution in [3.63, 3.8) is 0 Å². The summed E-state index contributed by atoms with van der Waals surface area (Å²) < 4.78 is 0. The van der Waals surface area contributed by atoms with Gasteiger partial charge < -0.3 is 0 Å². The summed E-state index contributed by atoms with van der Waals surface area (Å²) in [4.78, 5) is 5.58. The smallest absolute Gasteiger partial charge is 0.0869 e. The minimum absolute atomic E-state index is 0.697. The van der Waals surface area contributed by atoms with Gasteiger partial charge in [0.25, 0.3) is 0 Å². The highest BCUT2D eigenvalue weighted by molar-refractivity contribution is 5.02. The molecule has 2 nitrogen and oxygen atoms in total. The molecule has 0 bridgehead atoms. The standard InChI is InChI=1S/C14H27NO/c1-6-15(7-2)16-12-11-14(5)10-8-9-13(3)4/h9,11H,6-8,10,12H2,1-5H3/b14-11+. The van der Waals surface area contributed by atoms with Crippen LogP contribution in [0, 0.1) is 0 Å². The summed E-state index contributed by atoms with van der Waals surface area (Å²) in [5.74, 6) is 0. The van der Waals surface area contributed by atoms with Gasteiger partial charge in [-0.2, -0.15) is 5.06 Å². The van der Waals surface area contributed by atoms with E-state index in [-0.39, 0.29) is 0 Å². The second-order valence-electron chi connectivity index (χ2n) is 4.28. The number of nitrogens with zero attached hydrogens (tertiary/aromatic N) is 1. The van der Waals surface area contributed by atoms with Crippen LogP contribution in [0.4, 0.5) is 0 Å². The summed E-state index contributed by atoms with van der Waals surface area (Å²) in [5.41, 5.74) is 2.80. The third kappa shape index (κ3) is 8.69. The zero-order valence-corrected chi connectivity index (χ0v) is 11.5. The van der Waals surface area contributed by atoms with Crippen molar-refractivity contribution >= 4 is 0 Å². The molecule has 2 heteroatoms. The van der Waals surface area contributed by atoms with Crippen molar-refractivity contribution in [2.45, 2.75) is 47.5 Å². The molecule has 0 saturated carbocycles. The van der Waals surface area contributed by atoms with Crippen molar-refractivity contribution in [1.82, 2.24) is 5.06 Å². The van der Waals surface area contributed by atoms with Gasteiger partial charge >= 0.3 is 0 Å². The number of rotatable bonds is 8. The van der Waals surface area contributed by atoms with Gasteiger partial charge in [-0.25, -0.2) is 0 Å². The van der Waals surface area contributed by atoms with Crippen molar-refractivity contribution in [3.05, 3.63) is 23.3 Å². The largest absolute Gasteiger partial charge is 0.295 e. The van der Waals surface area contributed by atoms with Crippen molar-refractivity contribution in [2.24, 2.45) is 0 Å². The van der Waals surface area contributed by atoms with E-state index in [1.54, 1.807) is 0 Å². The first-order valence-corrected chi connectivity index (χ1v) is 6.27. The Morgan fingerprint density at radius 1 is 1.06 bits per heavy atom. The summed E-state index contributed by atoms with van der Waals surface area (Å²) in [6.45, 7) is 13.3. The normalized spacial score (nSPS) is 12.0. The fourth-order valence-electron chi connectivity index (χ4n) is 1.38. The Kier molecular flexibility index (Phi) is 9.25. The van der Waals surface area contributed by atoms with E-state index in [2.05, 4.69) is 46.8 Å². The van der Waals surface area contributed by atoms with E-state index in [0.29, 0.717) is 6.61 Å². The molecule has 0 aromatic rings. The van der Waals surface area contributed by atoms with E-state index in [4.69, 9.17) is 4.84 Å². The molecule has 0 radical (unpaired) electrons. The third-order valence-corrected chi connectivity index (χ3v) is 2.49. The predicted molar refractivity (Wildman–Crippen MR) is 71.3 cm³/mol. The highest BCUT2D eigenvalue weighted by Crippen LogP contribution is 2.06. The summed E-state index contributed by atoms with van der Waals surface area (Å²) in [7, 11) is 0. The molecule has 0 aromatic carbocycles. The van der Waals surface area contributed by atoms with Crippen molar-refractivity contribution in [3.8, 4) is 0 Å². The lowest BCUT2D eigenvalue weighted by Gasteiger charge is -2.16. The quantitative estimate of drug-likeness (QED) is 0.458. The molecule has 16 heavy (non-hydrogen) atoms. The van der Waals surface area contributed by atoms with E-state index in [1.165, 1.54) is 11.1 Å². The van der Waals surface area contributed by atoms with Crippen LogP contribution in [0.5, 0.6) is 0 Å². The van der Waals surface area contributed by atoms with Crippen LogP contribution in [0.3, 0.4) is 0 Å². The molecule has 0 aliphatic carbocycles. The lowest BCUT2D eigenvalue weighted by Crippen LogP contribution is -2.23. The molecule has 0 saturated heterocycles. The second-order valence-corrected chi connectivity index (χ2v) is 4.28. The first-order valence-electron chi connectivity index (χ1n) is 6.27. The minimum Gasteiger partial charge on any atom is -0.295 e. The van der Waals surface area contributed by atoms with Crippen LogP contribution in [0.2, 0.25) is 0 Å². The maximum absolute atomic E-state index is 5.58. The lowest BCUT2D eigenvalue weighted by atomic mass is 10.1. The Hall–Kier alpha value is -0.600. The van der Waals surface area contributed by atoms with Gasteiger partial charge in [-0.15, -0.1) is 0 Å². The van der Waals surface area contributed by atoms with Crippen molar-refractivity contribution < 1.29 is 4.84 Å². The Bertz CT molecular complexity index is 223. The molecule has 0 unspecified atom stereocenters.